The van der Waals surface area contributed by atoms with Gasteiger partial charge in [-0.3, -0.25) is 9.52 Å². The van der Waals surface area contributed by atoms with E-state index in [2.05, 4.69) is 4.72 Å². The smallest absolute Gasteiger partial charge is 0.343 e. The second-order valence-corrected chi connectivity index (χ2v) is 7.01. The zero-order chi connectivity index (χ0) is 19.5. The van der Waals surface area contributed by atoms with Crippen LogP contribution in [0, 0.1) is 12.7 Å². The Morgan fingerprint density at radius 3 is 2.38 bits per heavy atom. The number of hydrogen-bond donors (Lipinski definition) is 2. The first-order valence-corrected chi connectivity index (χ1v) is 8.71. The lowest BCUT2D eigenvalue weighted by Gasteiger charge is -2.14. The predicted octanol–water partition coefficient (Wildman–Crippen LogP) is 3.23. The van der Waals surface area contributed by atoms with Gasteiger partial charge >= 0.3 is 6.18 Å². The topological polar surface area (TPSA) is 75.3 Å². The molecule has 0 spiro atoms. The molecule has 0 heterocycles. The lowest BCUT2D eigenvalue weighted by atomic mass is 10.1. The van der Waals surface area contributed by atoms with Crippen LogP contribution in [-0.4, -0.2) is 27.0 Å². The van der Waals surface area contributed by atoms with Crippen LogP contribution in [0.15, 0.2) is 47.4 Å². The van der Waals surface area contributed by atoms with Crippen LogP contribution in [0.1, 0.15) is 15.9 Å². The third-order valence-electron chi connectivity index (χ3n) is 3.29. The molecular weight excluding hydrogens is 376 g/mol. The molecular formula is C16H14F4N2O3S. The fourth-order valence-corrected chi connectivity index (χ4v) is 3.47. The van der Waals surface area contributed by atoms with Crippen LogP contribution >= 0.6 is 0 Å². The molecule has 10 heteroatoms. The van der Waals surface area contributed by atoms with Gasteiger partial charge in [-0.25, -0.2) is 12.8 Å². The average molecular weight is 390 g/mol. The molecule has 2 rings (SSSR count). The van der Waals surface area contributed by atoms with E-state index in [1.54, 1.807) is 5.32 Å². The number of aryl methyl sites for hydroxylation is 1. The Hall–Kier alpha value is -2.62. The van der Waals surface area contributed by atoms with Crippen molar-refractivity contribution in [2.45, 2.75) is 18.0 Å². The van der Waals surface area contributed by atoms with E-state index in [-0.39, 0.29) is 21.7 Å². The maximum Gasteiger partial charge on any atom is 0.405 e. The third kappa shape index (κ3) is 4.94. The number of anilines is 1. The van der Waals surface area contributed by atoms with Crippen molar-refractivity contribution in [3.05, 3.63) is 59.4 Å². The van der Waals surface area contributed by atoms with Crippen molar-refractivity contribution in [3.8, 4) is 0 Å². The predicted molar refractivity (Wildman–Crippen MR) is 86.8 cm³/mol. The Morgan fingerprint density at radius 1 is 1.12 bits per heavy atom. The van der Waals surface area contributed by atoms with E-state index in [4.69, 9.17) is 0 Å². The van der Waals surface area contributed by atoms with Gasteiger partial charge in [0.25, 0.3) is 15.9 Å². The first kappa shape index (κ1) is 19.7. The summed E-state index contributed by atoms with van der Waals surface area (Å²) in [6, 6.07) is 8.25. The molecule has 2 aromatic rings. The number of rotatable bonds is 5. The van der Waals surface area contributed by atoms with Crippen LogP contribution in [0.25, 0.3) is 0 Å². The number of para-hydroxylation sites is 1. The molecule has 140 valence electrons. The maximum absolute atomic E-state index is 13.2. The van der Waals surface area contributed by atoms with Gasteiger partial charge in [-0.05, 0) is 42.8 Å². The largest absolute Gasteiger partial charge is 0.405 e. The Morgan fingerprint density at radius 2 is 1.77 bits per heavy atom. The molecule has 0 atom stereocenters. The average Bonchev–Trinajstić information content (AvgIpc) is 2.51. The number of halogens is 4. The van der Waals surface area contributed by atoms with E-state index < -0.39 is 34.5 Å². The van der Waals surface area contributed by atoms with E-state index in [9.17, 15) is 30.8 Å². The van der Waals surface area contributed by atoms with Crippen LogP contribution < -0.4 is 10.0 Å². The van der Waals surface area contributed by atoms with Gasteiger partial charge in [-0.15, -0.1) is 0 Å². The molecule has 0 unspecified atom stereocenters. The summed E-state index contributed by atoms with van der Waals surface area (Å²) < 4.78 is 77.0. The van der Waals surface area contributed by atoms with E-state index in [1.165, 1.54) is 31.2 Å². The number of hydrogen-bond acceptors (Lipinski definition) is 3. The van der Waals surface area contributed by atoms with Crippen LogP contribution in [0.5, 0.6) is 0 Å². The summed E-state index contributed by atoms with van der Waals surface area (Å²) >= 11 is 0. The fraction of sp³-hybridized carbons (Fsp3) is 0.188. The maximum atomic E-state index is 13.2. The van der Waals surface area contributed by atoms with Gasteiger partial charge in [0.2, 0.25) is 0 Å². The van der Waals surface area contributed by atoms with Gasteiger partial charge in [-0.1, -0.05) is 12.1 Å². The normalized spacial score (nSPS) is 11.9. The SMILES string of the molecule is Cc1cc(F)ccc1S(=O)(=O)Nc1ccccc1C(=O)NCC(F)(F)F. The molecule has 0 aliphatic rings. The fourth-order valence-electron chi connectivity index (χ4n) is 2.16. The minimum Gasteiger partial charge on any atom is -0.343 e. The van der Waals surface area contributed by atoms with Gasteiger partial charge in [0.1, 0.15) is 12.4 Å². The van der Waals surface area contributed by atoms with E-state index in [0.29, 0.717) is 0 Å². The van der Waals surface area contributed by atoms with Gasteiger partial charge in [0.05, 0.1) is 16.1 Å². The van der Waals surface area contributed by atoms with Gasteiger partial charge in [0.15, 0.2) is 0 Å². The van der Waals surface area contributed by atoms with Crippen molar-refractivity contribution >= 4 is 21.6 Å². The molecule has 26 heavy (non-hydrogen) atoms. The van der Waals surface area contributed by atoms with Crippen molar-refractivity contribution in [2.75, 3.05) is 11.3 Å². The standard InChI is InChI=1S/C16H14F4N2O3S/c1-10-8-11(17)6-7-14(10)26(24,25)22-13-5-3-2-4-12(13)15(23)21-9-16(18,19)20/h2-8,22H,9H2,1H3,(H,21,23). The lowest BCUT2D eigenvalue weighted by molar-refractivity contribution is -0.123. The third-order valence-corrected chi connectivity index (χ3v) is 4.82. The molecule has 0 fully saturated rings. The summed E-state index contributed by atoms with van der Waals surface area (Å²) in [6.45, 7) is -0.163. The summed E-state index contributed by atoms with van der Waals surface area (Å²) in [6.07, 6.45) is -4.60. The molecule has 0 aliphatic carbocycles. The van der Waals surface area contributed by atoms with Crippen molar-refractivity contribution in [1.82, 2.24) is 5.32 Å². The first-order chi connectivity index (χ1) is 12.0. The van der Waals surface area contributed by atoms with Crippen LogP contribution in [-0.2, 0) is 10.0 Å². The molecule has 0 saturated carbocycles. The van der Waals surface area contributed by atoms with Gasteiger partial charge in [-0.2, -0.15) is 13.2 Å². The highest BCUT2D eigenvalue weighted by atomic mass is 32.2. The van der Waals surface area contributed by atoms with Crippen molar-refractivity contribution in [1.29, 1.82) is 0 Å². The summed E-state index contributed by atoms with van der Waals surface area (Å²) in [5, 5.41) is 1.68. The molecule has 2 aromatic carbocycles. The van der Waals surface area contributed by atoms with E-state index >= 15 is 0 Å². The molecule has 0 aromatic heterocycles. The minimum atomic E-state index is -4.60. The number of carbonyl (C=O) groups excluding carboxylic acids is 1. The highest BCUT2D eigenvalue weighted by molar-refractivity contribution is 7.92. The molecule has 2 N–H and O–H groups in total. The number of amides is 1. The Labute approximate surface area is 147 Å². The zero-order valence-electron chi connectivity index (χ0n) is 13.4. The molecule has 0 aliphatic heterocycles. The van der Waals surface area contributed by atoms with Crippen molar-refractivity contribution < 1.29 is 30.8 Å². The van der Waals surface area contributed by atoms with E-state index in [0.717, 1.165) is 18.2 Å². The summed E-state index contributed by atoms with van der Waals surface area (Å²) in [4.78, 5) is 11.7. The second-order valence-electron chi connectivity index (χ2n) is 5.36. The minimum absolute atomic E-state index is 0.136. The summed E-state index contributed by atoms with van der Waals surface area (Å²) in [5.41, 5.74) is -0.340. The van der Waals surface area contributed by atoms with Crippen LogP contribution in [0.2, 0.25) is 0 Å². The highest BCUT2D eigenvalue weighted by Gasteiger charge is 2.28. The van der Waals surface area contributed by atoms with E-state index in [1.807, 2.05) is 0 Å². The highest BCUT2D eigenvalue weighted by Crippen LogP contribution is 2.23. The quantitative estimate of drug-likeness (QED) is 0.770. The van der Waals surface area contributed by atoms with Crippen molar-refractivity contribution in [2.24, 2.45) is 0 Å². The molecule has 0 saturated heterocycles. The molecule has 0 radical (unpaired) electrons. The number of alkyl halides is 3. The molecule has 1 amide bonds. The number of benzene rings is 2. The lowest BCUT2D eigenvalue weighted by Crippen LogP contribution is -2.34. The Bertz CT molecular complexity index is 927. The number of sulfonamides is 1. The van der Waals surface area contributed by atoms with Crippen LogP contribution in [0.3, 0.4) is 0 Å². The van der Waals surface area contributed by atoms with Gasteiger partial charge < -0.3 is 5.32 Å². The number of carbonyl (C=O) groups is 1. The molecule has 0 bridgehead atoms. The number of nitrogens with one attached hydrogen (secondary N) is 2. The molecule has 5 nitrogen and oxygen atoms in total. The van der Waals surface area contributed by atoms with Crippen LogP contribution in [0.4, 0.5) is 23.2 Å². The second kappa shape index (κ2) is 7.32. The van der Waals surface area contributed by atoms with Crippen molar-refractivity contribution in [3.63, 3.8) is 0 Å². The Kier molecular flexibility index (Phi) is 5.55. The monoisotopic (exact) mass is 390 g/mol. The first-order valence-electron chi connectivity index (χ1n) is 7.22. The Balaban J connectivity index is 2.31. The summed E-state index contributed by atoms with van der Waals surface area (Å²) in [5.74, 6) is -1.70. The van der Waals surface area contributed by atoms with Gasteiger partial charge in [0, 0.05) is 0 Å². The summed E-state index contributed by atoms with van der Waals surface area (Å²) in [7, 11) is -4.18. The zero-order valence-corrected chi connectivity index (χ0v) is 14.2.